The molecular weight excluding hydrogens is 389 g/mol. The van der Waals surface area contributed by atoms with Crippen molar-refractivity contribution in [1.29, 1.82) is 0 Å². The van der Waals surface area contributed by atoms with E-state index in [4.69, 9.17) is 11.6 Å². The van der Waals surface area contributed by atoms with Crippen molar-refractivity contribution in [1.82, 2.24) is 5.32 Å². The minimum Gasteiger partial charge on any atom is -0.307 e. The number of hydrogen-bond donors (Lipinski definition) is 1. The Morgan fingerprint density at radius 1 is 1.00 bits per heavy atom. The molecule has 100 valence electrons. The molecule has 0 saturated carbocycles. The molecule has 0 spiro atoms. The highest BCUT2D eigenvalue weighted by molar-refractivity contribution is 9.11. The molecular formula is C15H14Br2ClN. The average Bonchev–Trinajstić information content (AvgIpc) is 2.36. The Hall–Kier alpha value is -0.350. The third-order valence-electron chi connectivity index (χ3n) is 2.83. The van der Waals surface area contributed by atoms with Gasteiger partial charge in [-0.2, -0.15) is 0 Å². The number of rotatable bonds is 4. The number of benzene rings is 2. The SMILES string of the molecule is CCNC(c1ccc(Cl)cc1)c1cc(Br)cc(Br)c1. The van der Waals surface area contributed by atoms with Gasteiger partial charge in [-0.1, -0.05) is 62.5 Å². The van der Waals surface area contributed by atoms with Gasteiger partial charge in [0.2, 0.25) is 0 Å². The molecule has 0 aliphatic heterocycles. The van der Waals surface area contributed by atoms with Crippen LogP contribution in [0.25, 0.3) is 0 Å². The molecule has 1 unspecified atom stereocenters. The maximum atomic E-state index is 5.95. The summed E-state index contributed by atoms with van der Waals surface area (Å²) in [5.41, 5.74) is 2.42. The van der Waals surface area contributed by atoms with Crippen LogP contribution >= 0.6 is 43.5 Å². The fourth-order valence-corrected chi connectivity index (χ4v) is 3.48. The minimum atomic E-state index is 0.163. The molecule has 0 heterocycles. The van der Waals surface area contributed by atoms with E-state index in [0.717, 1.165) is 20.5 Å². The van der Waals surface area contributed by atoms with Crippen molar-refractivity contribution in [2.75, 3.05) is 6.54 Å². The fourth-order valence-electron chi connectivity index (χ4n) is 2.03. The summed E-state index contributed by atoms with van der Waals surface area (Å²) >= 11 is 13.0. The van der Waals surface area contributed by atoms with Crippen LogP contribution in [-0.4, -0.2) is 6.54 Å². The molecule has 0 amide bonds. The number of nitrogens with one attached hydrogen (secondary N) is 1. The summed E-state index contributed by atoms with van der Waals surface area (Å²) in [5, 5.41) is 4.26. The van der Waals surface area contributed by atoms with Gasteiger partial charge in [-0.15, -0.1) is 0 Å². The molecule has 4 heteroatoms. The van der Waals surface area contributed by atoms with Crippen LogP contribution in [0.3, 0.4) is 0 Å². The first-order valence-electron chi connectivity index (χ1n) is 6.05. The molecule has 1 N–H and O–H groups in total. The highest BCUT2D eigenvalue weighted by atomic mass is 79.9. The fraction of sp³-hybridized carbons (Fsp3) is 0.200. The third kappa shape index (κ3) is 4.06. The van der Waals surface area contributed by atoms with Gasteiger partial charge in [0.25, 0.3) is 0 Å². The second-order valence-electron chi connectivity index (χ2n) is 4.25. The highest BCUT2D eigenvalue weighted by Crippen LogP contribution is 2.28. The third-order valence-corrected chi connectivity index (χ3v) is 4.00. The van der Waals surface area contributed by atoms with Crippen molar-refractivity contribution < 1.29 is 0 Å². The second kappa shape index (κ2) is 6.89. The Labute approximate surface area is 135 Å². The summed E-state index contributed by atoms with van der Waals surface area (Å²) in [4.78, 5) is 0. The molecule has 0 fully saturated rings. The maximum Gasteiger partial charge on any atom is 0.0577 e. The van der Waals surface area contributed by atoms with Gasteiger partial charge in [-0.3, -0.25) is 0 Å². The summed E-state index contributed by atoms with van der Waals surface area (Å²) in [5.74, 6) is 0. The van der Waals surface area contributed by atoms with Crippen molar-refractivity contribution >= 4 is 43.5 Å². The van der Waals surface area contributed by atoms with Crippen LogP contribution in [0.4, 0.5) is 0 Å². The highest BCUT2D eigenvalue weighted by Gasteiger charge is 2.14. The van der Waals surface area contributed by atoms with E-state index in [0.29, 0.717) is 0 Å². The lowest BCUT2D eigenvalue weighted by Gasteiger charge is -2.19. The molecule has 2 rings (SSSR count). The van der Waals surface area contributed by atoms with Crippen LogP contribution in [0.5, 0.6) is 0 Å². The molecule has 0 radical (unpaired) electrons. The van der Waals surface area contributed by atoms with Crippen LogP contribution in [0.15, 0.2) is 51.4 Å². The summed E-state index contributed by atoms with van der Waals surface area (Å²) < 4.78 is 2.13. The number of hydrogen-bond acceptors (Lipinski definition) is 1. The molecule has 2 aromatic rings. The Morgan fingerprint density at radius 2 is 1.58 bits per heavy atom. The van der Waals surface area contributed by atoms with E-state index in [1.54, 1.807) is 0 Å². The Bertz CT molecular complexity index is 534. The zero-order valence-electron chi connectivity index (χ0n) is 10.5. The lowest BCUT2D eigenvalue weighted by atomic mass is 9.99. The van der Waals surface area contributed by atoms with Crippen LogP contribution in [0.1, 0.15) is 24.1 Å². The molecule has 1 nitrogen and oxygen atoms in total. The molecule has 0 aliphatic rings. The van der Waals surface area contributed by atoms with Gasteiger partial charge in [0, 0.05) is 14.0 Å². The van der Waals surface area contributed by atoms with E-state index >= 15 is 0 Å². The van der Waals surface area contributed by atoms with Gasteiger partial charge in [0.1, 0.15) is 0 Å². The van der Waals surface area contributed by atoms with Crippen molar-refractivity contribution in [3.05, 3.63) is 67.6 Å². The monoisotopic (exact) mass is 401 g/mol. The van der Waals surface area contributed by atoms with Gasteiger partial charge < -0.3 is 5.32 Å². The van der Waals surface area contributed by atoms with E-state index in [1.807, 2.05) is 18.2 Å². The summed E-state index contributed by atoms with van der Waals surface area (Å²) in [7, 11) is 0. The van der Waals surface area contributed by atoms with Gasteiger partial charge in [-0.25, -0.2) is 0 Å². The molecule has 2 aromatic carbocycles. The van der Waals surface area contributed by atoms with E-state index < -0.39 is 0 Å². The summed E-state index contributed by atoms with van der Waals surface area (Å²) in [6, 6.07) is 14.4. The topological polar surface area (TPSA) is 12.0 Å². The van der Waals surface area contributed by atoms with E-state index in [9.17, 15) is 0 Å². The molecule has 19 heavy (non-hydrogen) atoms. The standard InChI is InChI=1S/C15H14Br2ClN/c1-2-19-15(10-3-5-14(18)6-4-10)11-7-12(16)9-13(17)8-11/h3-9,15,19H,2H2,1H3. The predicted octanol–water partition coefficient (Wildman–Crippen LogP) is 5.56. The molecule has 0 aromatic heterocycles. The zero-order valence-corrected chi connectivity index (χ0v) is 14.4. The lowest BCUT2D eigenvalue weighted by Crippen LogP contribution is -2.21. The average molecular weight is 404 g/mol. The first kappa shape index (κ1) is 15.0. The number of halogens is 3. The van der Waals surface area contributed by atoms with E-state index in [2.05, 4.69) is 68.4 Å². The normalized spacial score (nSPS) is 12.4. The summed E-state index contributed by atoms with van der Waals surface area (Å²) in [6.07, 6.45) is 0. The Balaban J connectivity index is 2.41. The quantitative estimate of drug-likeness (QED) is 0.704. The first-order chi connectivity index (χ1) is 9.10. The van der Waals surface area contributed by atoms with Crippen LogP contribution in [-0.2, 0) is 0 Å². The van der Waals surface area contributed by atoms with Crippen molar-refractivity contribution in [2.24, 2.45) is 0 Å². The van der Waals surface area contributed by atoms with E-state index in [1.165, 1.54) is 11.1 Å². The lowest BCUT2D eigenvalue weighted by molar-refractivity contribution is 0.630. The first-order valence-corrected chi connectivity index (χ1v) is 8.01. The van der Waals surface area contributed by atoms with E-state index in [-0.39, 0.29) is 6.04 Å². The van der Waals surface area contributed by atoms with Gasteiger partial charge in [0.15, 0.2) is 0 Å². The smallest absolute Gasteiger partial charge is 0.0577 e. The predicted molar refractivity (Wildman–Crippen MR) is 88.8 cm³/mol. The van der Waals surface area contributed by atoms with Crippen molar-refractivity contribution in [2.45, 2.75) is 13.0 Å². The van der Waals surface area contributed by atoms with Crippen LogP contribution in [0, 0.1) is 0 Å². The second-order valence-corrected chi connectivity index (χ2v) is 6.51. The minimum absolute atomic E-state index is 0.163. The van der Waals surface area contributed by atoms with Crippen molar-refractivity contribution in [3.63, 3.8) is 0 Å². The zero-order chi connectivity index (χ0) is 13.8. The summed E-state index contributed by atoms with van der Waals surface area (Å²) in [6.45, 7) is 3.01. The molecule has 1 atom stereocenters. The Kier molecular flexibility index (Phi) is 5.46. The maximum absolute atomic E-state index is 5.95. The Morgan fingerprint density at radius 3 is 2.11 bits per heavy atom. The molecule has 0 saturated heterocycles. The molecule has 0 aliphatic carbocycles. The largest absolute Gasteiger partial charge is 0.307 e. The van der Waals surface area contributed by atoms with Crippen molar-refractivity contribution in [3.8, 4) is 0 Å². The molecule has 0 bridgehead atoms. The van der Waals surface area contributed by atoms with Gasteiger partial charge >= 0.3 is 0 Å². The van der Waals surface area contributed by atoms with Crippen LogP contribution < -0.4 is 5.32 Å². The van der Waals surface area contributed by atoms with Gasteiger partial charge in [0.05, 0.1) is 6.04 Å². The van der Waals surface area contributed by atoms with Crippen LogP contribution in [0.2, 0.25) is 5.02 Å². The van der Waals surface area contributed by atoms with Gasteiger partial charge in [-0.05, 0) is 48.0 Å².